The van der Waals surface area contributed by atoms with Crippen LogP contribution in [0.4, 0.5) is 0 Å². The van der Waals surface area contributed by atoms with E-state index in [0.717, 1.165) is 12.8 Å². The molecule has 0 unspecified atom stereocenters. The molecule has 0 aromatic carbocycles. The van der Waals surface area contributed by atoms with Crippen LogP contribution in [0.1, 0.15) is 26.7 Å². The predicted molar refractivity (Wildman–Crippen MR) is 60.8 cm³/mol. The van der Waals surface area contributed by atoms with Gasteiger partial charge in [-0.2, -0.15) is 0 Å². The number of ketones is 1. The van der Waals surface area contributed by atoms with Crippen LogP contribution in [0.25, 0.3) is 0 Å². The van der Waals surface area contributed by atoms with Gasteiger partial charge in [0.05, 0.1) is 0 Å². The quantitative estimate of drug-likeness (QED) is 0.567. The lowest BCUT2D eigenvalue weighted by Crippen LogP contribution is -2.49. The summed E-state index contributed by atoms with van der Waals surface area (Å²) >= 11 is 0. The zero-order chi connectivity index (χ0) is 12.3. The third-order valence-corrected chi connectivity index (χ3v) is 3.29. The molecule has 0 aliphatic carbocycles. The molecule has 1 rings (SSSR count). The van der Waals surface area contributed by atoms with Gasteiger partial charge < -0.3 is 10.0 Å². The van der Waals surface area contributed by atoms with Crippen LogP contribution in [0.2, 0.25) is 0 Å². The molecule has 1 aliphatic heterocycles. The second-order valence-electron chi connectivity index (χ2n) is 4.50. The summed E-state index contributed by atoms with van der Waals surface area (Å²) in [5.41, 5.74) is -1.65. The van der Waals surface area contributed by atoms with E-state index < -0.39 is 23.2 Å². The summed E-state index contributed by atoms with van der Waals surface area (Å²) in [6, 6.07) is 0. The van der Waals surface area contributed by atoms with Crippen LogP contribution in [0.3, 0.4) is 0 Å². The number of carbonyl (C=O) groups is 2. The van der Waals surface area contributed by atoms with Gasteiger partial charge in [0.2, 0.25) is 0 Å². The molecule has 1 aliphatic rings. The molecular formula is C12H19NO3. The smallest absolute Gasteiger partial charge is 0.293 e. The van der Waals surface area contributed by atoms with E-state index >= 15 is 0 Å². The summed E-state index contributed by atoms with van der Waals surface area (Å²) < 4.78 is 0. The molecule has 0 aromatic rings. The van der Waals surface area contributed by atoms with Crippen molar-refractivity contribution >= 4 is 11.7 Å². The highest BCUT2D eigenvalue weighted by molar-refractivity contribution is 6.39. The van der Waals surface area contributed by atoms with Crippen LogP contribution in [0.5, 0.6) is 0 Å². The van der Waals surface area contributed by atoms with Crippen LogP contribution in [0.15, 0.2) is 12.7 Å². The topological polar surface area (TPSA) is 57.6 Å². The number of nitrogens with zero attached hydrogens (tertiary/aromatic N) is 1. The minimum atomic E-state index is -1.65. The van der Waals surface area contributed by atoms with Gasteiger partial charge in [0.1, 0.15) is 5.60 Å². The molecule has 16 heavy (non-hydrogen) atoms. The van der Waals surface area contributed by atoms with Crippen molar-refractivity contribution in [3.05, 3.63) is 12.7 Å². The van der Waals surface area contributed by atoms with Crippen LogP contribution in [-0.2, 0) is 9.59 Å². The van der Waals surface area contributed by atoms with Gasteiger partial charge in [-0.15, -0.1) is 6.58 Å². The van der Waals surface area contributed by atoms with E-state index in [4.69, 9.17) is 0 Å². The molecule has 1 N–H and O–H groups in total. The van der Waals surface area contributed by atoms with Crippen molar-refractivity contribution in [3.8, 4) is 0 Å². The molecule has 0 bridgehead atoms. The summed E-state index contributed by atoms with van der Waals surface area (Å²) in [5, 5.41) is 10.0. The Balaban J connectivity index is 2.76. The van der Waals surface area contributed by atoms with E-state index in [2.05, 4.69) is 6.58 Å². The van der Waals surface area contributed by atoms with Gasteiger partial charge in [0, 0.05) is 19.0 Å². The van der Waals surface area contributed by atoms with Crippen LogP contribution in [-0.4, -0.2) is 40.4 Å². The maximum atomic E-state index is 11.9. The van der Waals surface area contributed by atoms with Gasteiger partial charge in [0.25, 0.3) is 11.7 Å². The predicted octanol–water partition coefficient (Wildman–Crippen LogP) is 0.751. The van der Waals surface area contributed by atoms with E-state index in [0.29, 0.717) is 13.1 Å². The van der Waals surface area contributed by atoms with Gasteiger partial charge in [-0.05, 0) is 19.8 Å². The second kappa shape index (κ2) is 4.78. The summed E-state index contributed by atoms with van der Waals surface area (Å²) in [5.74, 6) is -1.75. The van der Waals surface area contributed by atoms with Crippen molar-refractivity contribution in [2.45, 2.75) is 32.3 Å². The maximum absolute atomic E-state index is 11.9. The first-order valence-electron chi connectivity index (χ1n) is 5.60. The van der Waals surface area contributed by atoms with Gasteiger partial charge in [-0.25, -0.2) is 0 Å². The number of aliphatic hydroxyl groups is 1. The first kappa shape index (κ1) is 12.9. The molecule has 2 atom stereocenters. The highest BCUT2D eigenvalue weighted by atomic mass is 16.3. The van der Waals surface area contributed by atoms with Crippen molar-refractivity contribution in [2.75, 3.05) is 13.1 Å². The van der Waals surface area contributed by atoms with E-state index in [1.54, 1.807) is 6.92 Å². The summed E-state index contributed by atoms with van der Waals surface area (Å²) in [6.07, 6.45) is 3.34. The minimum Gasteiger partial charge on any atom is -0.381 e. The lowest BCUT2D eigenvalue weighted by Gasteiger charge is -2.27. The molecule has 0 spiro atoms. The molecule has 90 valence electrons. The Morgan fingerprint density at radius 1 is 1.44 bits per heavy atom. The number of likely N-dealkylation sites (tertiary alicyclic amines) is 1. The van der Waals surface area contributed by atoms with E-state index in [1.165, 1.54) is 17.9 Å². The number of Topliss-reactive ketones (excluding diaryl/α,β-unsaturated/α-hetero) is 1. The van der Waals surface area contributed by atoms with Gasteiger partial charge in [0.15, 0.2) is 0 Å². The van der Waals surface area contributed by atoms with Crippen LogP contribution in [0, 0.1) is 5.92 Å². The molecule has 4 heteroatoms. The molecule has 0 aromatic heterocycles. The van der Waals surface area contributed by atoms with Crippen LogP contribution >= 0.6 is 0 Å². The monoisotopic (exact) mass is 225 g/mol. The lowest BCUT2D eigenvalue weighted by molar-refractivity contribution is -0.155. The Bertz CT molecular complexity index is 303. The first-order chi connectivity index (χ1) is 7.41. The summed E-state index contributed by atoms with van der Waals surface area (Å²) in [6.45, 7) is 7.80. The SMILES string of the molecule is C=C[C@@H](C)[C@@](C)(O)C(=O)C(=O)N1CCCC1. The molecule has 0 radical (unpaired) electrons. The number of hydrogen-bond donors (Lipinski definition) is 1. The third-order valence-electron chi connectivity index (χ3n) is 3.29. The average Bonchev–Trinajstić information content (AvgIpc) is 2.79. The highest BCUT2D eigenvalue weighted by Gasteiger charge is 2.41. The molecule has 1 amide bonds. The largest absolute Gasteiger partial charge is 0.381 e. The molecule has 1 saturated heterocycles. The highest BCUT2D eigenvalue weighted by Crippen LogP contribution is 2.21. The van der Waals surface area contributed by atoms with Crippen molar-refractivity contribution in [1.82, 2.24) is 4.90 Å². The summed E-state index contributed by atoms with van der Waals surface area (Å²) in [4.78, 5) is 25.2. The van der Waals surface area contributed by atoms with Crippen molar-refractivity contribution in [3.63, 3.8) is 0 Å². The third kappa shape index (κ3) is 2.32. The average molecular weight is 225 g/mol. The fourth-order valence-electron chi connectivity index (χ4n) is 1.72. The summed E-state index contributed by atoms with van der Waals surface area (Å²) in [7, 11) is 0. The second-order valence-corrected chi connectivity index (χ2v) is 4.50. The Hall–Kier alpha value is -1.16. The molecule has 1 fully saturated rings. The Kier molecular flexibility index (Phi) is 3.86. The number of carbonyl (C=O) groups excluding carboxylic acids is 2. The fourth-order valence-corrected chi connectivity index (χ4v) is 1.72. The van der Waals surface area contributed by atoms with E-state index in [-0.39, 0.29) is 0 Å². The fraction of sp³-hybridized carbons (Fsp3) is 0.667. The normalized spacial score (nSPS) is 21.3. The lowest BCUT2D eigenvalue weighted by atomic mass is 9.86. The van der Waals surface area contributed by atoms with E-state index in [9.17, 15) is 14.7 Å². The Morgan fingerprint density at radius 2 is 1.94 bits per heavy atom. The van der Waals surface area contributed by atoms with Crippen molar-refractivity contribution < 1.29 is 14.7 Å². The Morgan fingerprint density at radius 3 is 2.38 bits per heavy atom. The number of amides is 1. The first-order valence-corrected chi connectivity index (χ1v) is 5.60. The molecular weight excluding hydrogens is 206 g/mol. The van der Waals surface area contributed by atoms with Crippen LogP contribution < -0.4 is 0 Å². The van der Waals surface area contributed by atoms with Gasteiger partial charge >= 0.3 is 0 Å². The van der Waals surface area contributed by atoms with Gasteiger partial charge in [-0.3, -0.25) is 9.59 Å². The molecule has 4 nitrogen and oxygen atoms in total. The maximum Gasteiger partial charge on any atom is 0.293 e. The standard InChI is InChI=1S/C12H19NO3/c1-4-9(2)12(3,16)10(14)11(15)13-7-5-6-8-13/h4,9,16H,1,5-8H2,2-3H3/t9-,12-/m1/s1. The number of rotatable bonds is 4. The van der Waals surface area contributed by atoms with E-state index in [1.807, 2.05) is 0 Å². The zero-order valence-corrected chi connectivity index (χ0v) is 9.90. The zero-order valence-electron chi connectivity index (χ0n) is 9.90. The Labute approximate surface area is 95.9 Å². The van der Waals surface area contributed by atoms with Crippen molar-refractivity contribution in [2.24, 2.45) is 5.92 Å². The molecule has 0 saturated carbocycles. The van der Waals surface area contributed by atoms with Gasteiger partial charge in [-0.1, -0.05) is 13.0 Å². The number of hydrogen-bond acceptors (Lipinski definition) is 3. The molecule has 1 heterocycles. The minimum absolute atomic E-state index is 0.438. The van der Waals surface area contributed by atoms with Crippen molar-refractivity contribution in [1.29, 1.82) is 0 Å².